The van der Waals surface area contributed by atoms with E-state index >= 15 is 0 Å². The molecule has 2 rings (SSSR count). The first kappa shape index (κ1) is 13.8. The van der Waals surface area contributed by atoms with Gasteiger partial charge in [0.1, 0.15) is 0 Å². The van der Waals surface area contributed by atoms with Gasteiger partial charge in [0, 0.05) is 11.9 Å². The van der Waals surface area contributed by atoms with Crippen molar-refractivity contribution < 1.29 is 22.7 Å². The molecule has 0 saturated carbocycles. The van der Waals surface area contributed by atoms with Gasteiger partial charge in [-0.3, -0.25) is 5.32 Å². The molecule has 20 heavy (non-hydrogen) atoms. The van der Waals surface area contributed by atoms with Crippen LogP contribution < -0.4 is 10.1 Å². The normalized spacial score (nSPS) is 10.9. The molecule has 0 aliphatic carbocycles. The summed E-state index contributed by atoms with van der Waals surface area (Å²) in [6.07, 6.45) is -4.74. The lowest BCUT2D eigenvalue weighted by Crippen LogP contribution is -2.19. The van der Waals surface area contributed by atoms with E-state index in [9.17, 15) is 18.0 Å². The summed E-state index contributed by atoms with van der Waals surface area (Å²) in [6.45, 7) is 0. The number of ether oxygens (including phenoxy) is 1. The molecule has 0 aliphatic rings. The second kappa shape index (κ2) is 5.55. The maximum atomic E-state index is 12.4. The number of nitrogens with zero attached hydrogens (tertiary/aromatic N) is 2. The predicted molar refractivity (Wildman–Crippen MR) is 63.1 cm³/mol. The molecule has 104 valence electrons. The fraction of sp³-hybridized carbons (Fsp3) is 0.0833. The Labute approximate surface area is 111 Å². The van der Waals surface area contributed by atoms with E-state index in [0.29, 0.717) is 11.8 Å². The summed E-state index contributed by atoms with van der Waals surface area (Å²) in [6, 6.07) is 8.29. The topological polar surface area (TPSA) is 64.1 Å². The standard InChI is InChI=1S/C12H8F3N3O2/c13-12(14,15)9-6-7-16-10(18-9)20-11(19)17-8-4-2-1-3-5-8/h1-7H,(H,17,19). The van der Waals surface area contributed by atoms with Crippen LogP contribution in [0.1, 0.15) is 5.69 Å². The van der Waals surface area contributed by atoms with Crippen molar-refractivity contribution in [2.75, 3.05) is 5.32 Å². The number of anilines is 1. The minimum absolute atomic E-state index is 0.435. The van der Waals surface area contributed by atoms with Crippen molar-refractivity contribution in [3.05, 3.63) is 48.3 Å². The predicted octanol–water partition coefficient (Wildman–Crippen LogP) is 3.11. The molecule has 0 fully saturated rings. The Morgan fingerprint density at radius 1 is 1.15 bits per heavy atom. The second-order valence-electron chi connectivity index (χ2n) is 3.60. The number of amides is 1. The van der Waals surface area contributed by atoms with E-state index in [1.807, 2.05) is 0 Å². The van der Waals surface area contributed by atoms with Crippen molar-refractivity contribution >= 4 is 11.8 Å². The SMILES string of the molecule is O=C(Nc1ccccc1)Oc1nccc(C(F)(F)F)n1. The summed E-state index contributed by atoms with van der Waals surface area (Å²) in [5, 5.41) is 2.33. The Bertz CT molecular complexity index is 602. The highest BCUT2D eigenvalue weighted by molar-refractivity contribution is 5.85. The average molecular weight is 283 g/mol. The van der Waals surface area contributed by atoms with Crippen LogP contribution >= 0.6 is 0 Å². The molecule has 1 N–H and O–H groups in total. The van der Waals surface area contributed by atoms with Gasteiger partial charge in [-0.25, -0.2) is 9.78 Å². The molecular weight excluding hydrogens is 275 g/mol. The first-order chi connectivity index (χ1) is 9.45. The smallest absolute Gasteiger partial charge is 0.374 e. The fourth-order valence-electron chi connectivity index (χ4n) is 1.30. The van der Waals surface area contributed by atoms with Gasteiger partial charge in [-0.1, -0.05) is 18.2 Å². The number of alkyl halides is 3. The number of carbonyl (C=O) groups excluding carboxylic acids is 1. The van der Waals surface area contributed by atoms with E-state index in [1.54, 1.807) is 30.3 Å². The molecule has 0 saturated heterocycles. The lowest BCUT2D eigenvalue weighted by atomic mass is 10.3. The number of carbonyl (C=O) groups is 1. The van der Waals surface area contributed by atoms with Gasteiger partial charge in [-0.15, -0.1) is 0 Å². The molecule has 1 aromatic heterocycles. The average Bonchev–Trinajstić information content (AvgIpc) is 2.39. The van der Waals surface area contributed by atoms with Crippen LogP contribution in [0.15, 0.2) is 42.6 Å². The molecule has 1 amide bonds. The lowest BCUT2D eigenvalue weighted by molar-refractivity contribution is -0.141. The van der Waals surface area contributed by atoms with Crippen molar-refractivity contribution in [2.45, 2.75) is 6.18 Å². The maximum absolute atomic E-state index is 12.4. The highest BCUT2D eigenvalue weighted by Gasteiger charge is 2.33. The van der Waals surface area contributed by atoms with Gasteiger partial charge in [0.15, 0.2) is 5.69 Å². The van der Waals surface area contributed by atoms with Crippen molar-refractivity contribution in [3.8, 4) is 6.01 Å². The summed E-state index contributed by atoms with van der Waals surface area (Å²) in [7, 11) is 0. The van der Waals surface area contributed by atoms with Crippen LogP contribution in [0.4, 0.5) is 23.7 Å². The van der Waals surface area contributed by atoms with Crippen LogP contribution in [-0.2, 0) is 6.18 Å². The summed E-state index contributed by atoms with van der Waals surface area (Å²) in [5.74, 6) is 0. The Morgan fingerprint density at radius 3 is 2.50 bits per heavy atom. The first-order valence-corrected chi connectivity index (χ1v) is 5.39. The van der Waals surface area contributed by atoms with Gasteiger partial charge in [0.05, 0.1) is 0 Å². The van der Waals surface area contributed by atoms with Crippen LogP contribution in [0.3, 0.4) is 0 Å². The van der Waals surface area contributed by atoms with Gasteiger partial charge in [-0.05, 0) is 18.2 Å². The van der Waals surface area contributed by atoms with E-state index in [2.05, 4.69) is 20.0 Å². The Hall–Kier alpha value is -2.64. The molecule has 1 heterocycles. The Morgan fingerprint density at radius 2 is 1.85 bits per heavy atom. The molecule has 0 unspecified atom stereocenters. The quantitative estimate of drug-likeness (QED) is 0.919. The first-order valence-electron chi connectivity index (χ1n) is 5.39. The van der Waals surface area contributed by atoms with Crippen molar-refractivity contribution in [3.63, 3.8) is 0 Å². The van der Waals surface area contributed by atoms with E-state index in [1.165, 1.54) is 0 Å². The number of para-hydroxylation sites is 1. The number of nitrogens with one attached hydrogen (secondary N) is 1. The summed E-state index contributed by atoms with van der Waals surface area (Å²) >= 11 is 0. The maximum Gasteiger partial charge on any atom is 0.433 e. The lowest BCUT2D eigenvalue weighted by Gasteiger charge is -2.07. The van der Waals surface area contributed by atoms with Gasteiger partial charge in [0.25, 0.3) is 0 Å². The van der Waals surface area contributed by atoms with Crippen LogP contribution in [-0.4, -0.2) is 16.1 Å². The zero-order valence-corrected chi connectivity index (χ0v) is 9.89. The van der Waals surface area contributed by atoms with Crippen LogP contribution in [0.2, 0.25) is 0 Å². The molecule has 5 nitrogen and oxygen atoms in total. The number of hydrogen-bond donors (Lipinski definition) is 1. The third-order valence-electron chi connectivity index (χ3n) is 2.13. The van der Waals surface area contributed by atoms with Gasteiger partial charge >= 0.3 is 18.3 Å². The zero-order chi connectivity index (χ0) is 14.6. The van der Waals surface area contributed by atoms with E-state index in [-0.39, 0.29) is 0 Å². The van der Waals surface area contributed by atoms with E-state index in [4.69, 9.17) is 0 Å². The van der Waals surface area contributed by atoms with E-state index in [0.717, 1.165) is 6.20 Å². The number of halogens is 3. The third-order valence-corrected chi connectivity index (χ3v) is 2.13. The molecule has 0 radical (unpaired) electrons. The summed E-state index contributed by atoms with van der Waals surface area (Å²) in [4.78, 5) is 18.0. The zero-order valence-electron chi connectivity index (χ0n) is 9.89. The number of benzene rings is 1. The molecule has 0 aliphatic heterocycles. The minimum atomic E-state index is -4.63. The van der Waals surface area contributed by atoms with Gasteiger partial charge < -0.3 is 4.74 Å². The Balaban J connectivity index is 2.05. The minimum Gasteiger partial charge on any atom is -0.374 e. The molecule has 2 aromatic rings. The van der Waals surface area contributed by atoms with Crippen molar-refractivity contribution in [1.29, 1.82) is 0 Å². The molecule has 8 heteroatoms. The molecular formula is C12H8F3N3O2. The second-order valence-corrected chi connectivity index (χ2v) is 3.60. The summed E-state index contributed by atoms with van der Waals surface area (Å²) in [5.41, 5.74) is -0.750. The van der Waals surface area contributed by atoms with Crippen molar-refractivity contribution in [2.24, 2.45) is 0 Å². The van der Waals surface area contributed by atoms with E-state index < -0.39 is 24.0 Å². The molecule has 0 bridgehead atoms. The van der Waals surface area contributed by atoms with Crippen LogP contribution in [0.25, 0.3) is 0 Å². The highest BCUT2D eigenvalue weighted by Crippen LogP contribution is 2.27. The number of hydrogen-bond acceptors (Lipinski definition) is 4. The number of rotatable bonds is 2. The van der Waals surface area contributed by atoms with Crippen LogP contribution in [0, 0.1) is 0 Å². The van der Waals surface area contributed by atoms with Crippen LogP contribution in [0.5, 0.6) is 6.01 Å². The summed E-state index contributed by atoms with van der Waals surface area (Å²) < 4.78 is 41.8. The monoisotopic (exact) mass is 283 g/mol. The largest absolute Gasteiger partial charge is 0.433 e. The Kier molecular flexibility index (Phi) is 3.83. The van der Waals surface area contributed by atoms with Gasteiger partial charge in [0.2, 0.25) is 0 Å². The van der Waals surface area contributed by atoms with Crippen molar-refractivity contribution in [1.82, 2.24) is 9.97 Å². The molecule has 0 atom stereocenters. The fourth-order valence-corrected chi connectivity index (χ4v) is 1.30. The van der Waals surface area contributed by atoms with Gasteiger partial charge in [-0.2, -0.15) is 18.2 Å². The molecule has 1 aromatic carbocycles. The molecule has 0 spiro atoms. The third kappa shape index (κ3) is 3.67. The highest BCUT2D eigenvalue weighted by atomic mass is 19.4. The number of aromatic nitrogens is 2.